The number of carbonyl (C=O) groups excluding carboxylic acids is 1. The van der Waals surface area contributed by atoms with Crippen molar-refractivity contribution >= 4 is 11.8 Å². The molecule has 0 saturated heterocycles. The third-order valence-corrected chi connectivity index (χ3v) is 2.40. The van der Waals surface area contributed by atoms with E-state index in [1.54, 1.807) is 11.5 Å². The van der Waals surface area contributed by atoms with Crippen LogP contribution in [0.3, 0.4) is 0 Å². The van der Waals surface area contributed by atoms with E-state index < -0.39 is 5.97 Å². The summed E-state index contributed by atoms with van der Waals surface area (Å²) in [6.45, 7) is 2.23. The first-order valence-electron chi connectivity index (χ1n) is 5.30. The minimum atomic E-state index is -0.554. The van der Waals surface area contributed by atoms with Gasteiger partial charge in [0.2, 0.25) is 5.89 Å². The molecule has 0 atom stereocenters. The number of carbonyl (C=O) groups is 1. The number of hydrogen-bond donors (Lipinski definition) is 1. The molecule has 2 rings (SSSR count). The summed E-state index contributed by atoms with van der Waals surface area (Å²) in [6, 6.07) is 0. The molecule has 0 aliphatic carbocycles. The van der Waals surface area contributed by atoms with Crippen molar-refractivity contribution in [2.24, 2.45) is 0 Å². The van der Waals surface area contributed by atoms with Crippen LogP contribution in [0.4, 0.5) is 5.82 Å². The highest BCUT2D eigenvalue weighted by molar-refractivity contribution is 5.91. The maximum Gasteiger partial charge on any atom is 0.360 e. The molecule has 2 aromatic rings. The molecule has 0 radical (unpaired) electrons. The summed E-state index contributed by atoms with van der Waals surface area (Å²) < 4.78 is 11.1. The van der Waals surface area contributed by atoms with Crippen molar-refractivity contribution < 1.29 is 14.1 Å². The van der Waals surface area contributed by atoms with E-state index in [9.17, 15) is 4.79 Å². The Morgan fingerprint density at radius 2 is 2.39 bits per heavy atom. The topological polar surface area (TPSA) is 109 Å². The van der Waals surface area contributed by atoms with Crippen LogP contribution in [0.5, 0.6) is 0 Å². The number of aromatic nitrogens is 4. The molecule has 8 heteroatoms. The number of anilines is 1. The van der Waals surface area contributed by atoms with Crippen LogP contribution in [-0.4, -0.2) is 32.8 Å². The van der Waals surface area contributed by atoms with E-state index in [1.165, 1.54) is 13.4 Å². The van der Waals surface area contributed by atoms with Crippen LogP contribution in [0.1, 0.15) is 22.2 Å². The van der Waals surface area contributed by atoms with Crippen LogP contribution < -0.4 is 5.73 Å². The minimum absolute atomic E-state index is 0.113. The zero-order valence-electron chi connectivity index (χ0n) is 10.1. The maximum atomic E-state index is 11.3. The summed E-state index contributed by atoms with van der Waals surface area (Å²) >= 11 is 0. The van der Waals surface area contributed by atoms with Crippen molar-refractivity contribution in [3.8, 4) is 0 Å². The molecule has 2 N–H and O–H groups in total. The Labute approximate surface area is 103 Å². The predicted molar refractivity (Wildman–Crippen MR) is 60.7 cm³/mol. The number of ether oxygens (including phenoxy) is 1. The molecule has 0 bridgehead atoms. The number of nitrogens with two attached hydrogens (primary N) is 1. The second-order valence-corrected chi connectivity index (χ2v) is 3.64. The highest BCUT2D eigenvalue weighted by atomic mass is 16.5. The van der Waals surface area contributed by atoms with Gasteiger partial charge >= 0.3 is 5.97 Å². The Balaban J connectivity index is 2.06. The molecule has 0 aliphatic rings. The van der Waals surface area contributed by atoms with Gasteiger partial charge in [-0.3, -0.25) is 0 Å². The van der Waals surface area contributed by atoms with E-state index in [-0.39, 0.29) is 11.5 Å². The fourth-order valence-electron chi connectivity index (χ4n) is 1.49. The molecular formula is C10H13N5O3. The third kappa shape index (κ3) is 2.31. The number of rotatable bonds is 4. The van der Waals surface area contributed by atoms with Crippen molar-refractivity contribution in [1.82, 2.24) is 19.7 Å². The van der Waals surface area contributed by atoms with Gasteiger partial charge in [-0.2, -0.15) is 4.98 Å². The summed E-state index contributed by atoms with van der Waals surface area (Å²) in [5.74, 6) is 0.808. The number of nitrogen functional groups attached to an aromatic ring is 1. The average Bonchev–Trinajstić information content (AvgIpc) is 2.92. The second-order valence-electron chi connectivity index (χ2n) is 3.64. The van der Waals surface area contributed by atoms with Crippen LogP contribution >= 0.6 is 0 Å². The third-order valence-electron chi connectivity index (χ3n) is 2.40. The fraction of sp³-hybridized carbons (Fsp3) is 0.400. The van der Waals surface area contributed by atoms with Gasteiger partial charge in [-0.25, -0.2) is 9.78 Å². The highest BCUT2D eigenvalue weighted by Crippen LogP contribution is 2.11. The summed E-state index contributed by atoms with van der Waals surface area (Å²) in [5.41, 5.74) is 5.90. The number of methoxy groups -OCH3 is 1. The van der Waals surface area contributed by atoms with Gasteiger partial charge in [-0.15, -0.1) is 0 Å². The molecular weight excluding hydrogens is 238 g/mol. The molecule has 0 unspecified atom stereocenters. The Kier molecular flexibility index (Phi) is 3.26. The fourth-order valence-corrected chi connectivity index (χ4v) is 1.49. The summed E-state index contributed by atoms with van der Waals surface area (Å²) in [6.07, 6.45) is 2.02. The second kappa shape index (κ2) is 4.86. The molecule has 18 heavy (non-hydrogen) atoms. The van der Waals surface area contributed by atoms with E-state index >= 15 is 0 Å². The monoisotopic (exact) mass is 251 g/mol. The Morgan fingerprint density at radius 3 is 3.00 bits per heavy atom. The van der Waals surface area contributed by atoms with Crippen molar-refractivity contribution in [1.29, 1.82) is 0 Å². The summed E-state index contributed by atoms with van der Waals surface area (Å²) in [5, 5.41) is 3.77. The van der Waals surface area contributed by atoms with Crippen LogP contribution in [0, 0.1) is 6.92 Å². The molecule has 2 heterocycles. The number of imidazole rings is 1. The van der Waals surface area contributed by atoms with E-state index in [0.717, 1.165) is 0 Å². The van der Waals surface area contributed by atoms with Crippen LogP contribution in [0.2, 0.25) is 0 Å². The quantitative estimate of drug-likeness (QED) is 0.772. The van der Waals surface area contributed by atoms with Gasteiger partial charge in [0.05, 0.1) is 13.4 Å². The van der Waals surface area contributed by atoms with Crippen molar-refractivity contribution in [3.05, 3.63) is 23.7 Å². The minimum Gasteiger partial charge on any atom is -0.464 e. The Bertz CT molecular complexity index is 560. The number of aryl methyl sites for hydroxylation is 3. The molecule has 8 nitrogen and oxygen atoms in total. The van der Waals surface area contributed by atoms with E-state index in [4.69, 9.17) is 10.3 Å². The molecule has 0 aliphatic heterocycles. The molecule has 0 aromatic carbocycles. The Hall–Kier alpha value is -2.38. The smallest absolute Gasteiger partial charge is 0.360 e. The predicted octanol–water partition coefficient (Wildman–Crippen LogP) is 0.186. The normalized spacial score (nSPS) is 10.6. The molecule has 0 spiro atoms. The van der Waals surface area contributed by atoms with Gasteiger partial charge in [0, 0.05) is 19.9 Å². The largest absolute Gasteiger partial charge is 0.464 e. The van der Waals surface area contributed by atoms with Crippen LogP contribution in [0.15, 0.2) is 10.9 Å². The van der Waals surface area contributed by atoms with Gasteiger partial charge in [0.1, 0.15) is 5.82 Å². The van der Waals surface area contributed by atoms with E-state index in [1.807, 2.05) is 0 Å². The zero-order valence-corrected chi connectivity index (χ0v) is 10.1. The van der Waals surface area contributed by atoms with Crippen molar-refractivity contribution in [2.45, 2.75) is 19.9 Å². The van der Waals surface area contributed by atoms with Gasteiger partial charge in [0.15, 0.2) is 11.5 Å². The van der Waals surface area contributed by atoms with Crippen molar-refractivity contribution in [3.63, 3.8) is 0 Å². The Morgan fingerprint density at radius 1 is 1.61 bits per heavy atom. The van der Waals surface area contributed by atoms with Gasteiger partial charge in [-0.1, -0.05) is 5.16 Å². The molecule has 2 aromatic heterocycles. The maximum absolute atomic E-state index is 11.3. The van der Waals surface area contributed by atoms with Gasteiger partial charge in [0.25, 0.3) is 0 Å². The van der Waals surface area contributed by atoms with Gasteiger partial charge < -0.3 is 19.6 Å². The lowest BCUT2D eigenvalue weighted by molar-refractivity contribution is 0.0596. The molecule has 96 valence electrons. The standard InChI is InChI=1S/C10H13N5O3/c1-6-13-7(14-18-6)3-4-15-5-12-8(9(15)11)10(16)17-2/h5H,3-4,11H2,1-2H3. The number of esters is 1. The first kappa shape index (κ1) is 12.1. The number of nitrogens with zero attached hydrogens (tertiary/aromatic N) is 4. The van der Waals surface area contributed by atoms with Crippen LogP contribution in [-0.2, 0) is 17.7 Å². The van der Waals surface area contributed by atoms with E-state index in [0.29, 0.717) is 24.7 Å². The summed E-state index contributed by atoms with van der Waals surface area (Å²) in [7, 11) is 1.28. The van der Waals surface area contributed by atoms with Gasteiger partial charge in [-0.05, 0) is 0 Å². The van der Waals surface area contributed by atoms with E-state index in [2.05, 4.69) is 19.9 Å². The average molecular weight is 251 g/mol. The molecule has 0 amide bonds. The SMILES string of the molecule is COC(=O)c1ncn(CCc2noc(C)n2)c1N. The van der Waals surface area contributed by atoms with Crippen LogP contribution in [0.25, 0.3) is 0 Å². The van der Waals surface area contributed by atoms with Crippen molar-refractivity contribution in [2.75, 3.05) is 12.8 Å². The lowest BCUT2D eigenvalue weighted by Crippen LogP contribution is -2.09. The summed E-state index contributed by atoms with van der Waals surface area (Å²) in [4.78, 5) is 19.3. The lowest BCUT2D eigenvalue weighted by atomic mass is 10.4. The highest BCUT2D eigenvalue weighted by Gasteiger charge is 2.16. The number of hydrogen-bond acceptors (Lipinski definition) is 7. The molecule has 0 fully saturated rings. The lowest BCUT2D eigenvalue weighted by Gasteiger charge is -2.02. The first-order valence-corrected chi connectivity index (χ1v) is 5.30. The zero-order chi connectivity index (χ0) is 13.1. The molecule has 0 saturated carbocycles. The first-order chi connectivity index (χ1) is 8.61.